The Hall–Kier alpha value is -3.32. The molecule has 0 spiro atoms. The fourth-order valence-electron chi connectivity index (χ4n) is 4.74. The van der Waals surface area contributed by atoms with Crippen LogP contribution < -0.4 is 16.0 Å². The number of hydrogen-bond donors (Lipinski definition) is 4. The molecule has 2 amide bonds. The summed E-state index contributed by atoms with van der Waals surface area (Å²) in [6.07, 6.45) is -2.63. The molecule has 1 aliphatic heterocycles. The summed E-state index contributed by atoms with van der Waals surface area (Å²) in [5, 5.41) is 8.30. The zero-order valence-electron chi connectivity index (χ0n) is 23.2. The van der Waals surface area contributed by atoms with E-state index in [-0.39, 0.29) is 48.1 Å². The summed E-state index contributed by atoms with van der Waals surface area (Å²) in [7, 11) is -3.77. The van der Waals surface area contributed by atoms with Crippen molar-refractivity contribution in [1.82, 2.24) is 15.6 Å². The Bertz CT molecular complexity index is 1680. The highest BCUT2D eigenvalue weighted by Crippen LogP contribution is 2.36. The highest BCUT2D eigenvalue weighted by Gasteiger charge is 2.28. The minimum atomic E-state index is -4.33. The molecule has 4 N–H and O–H groups in total. The van der Waals surface area contributed by atoms with Gasteiger partial charge in [0.1, 0.15) is 0 Å². The van der Waals surface area contributed by atoms with Gasteiger partial charge in [0.15, 0.2) is 9.84 Å². The smallest absolute Gasteiger partial charge is 0.359 e. The molecule has 1 aromatic heterocycles. The molecular formula is C29H29Cl2F3N4O4S. The molecule has 43 heavy (non-hydrogen) atoms. The Morgan fingerprint density at radius 1 is 1.05 bits per heavy atom. The van der Waals surface area contributed by atoms with Crippen LogP contribution in [0, 0.1) is 13.8 Å². The van der Waals surface area contributed by atoms with Crippen molar-refractivity contribution in [3.63, 3.8) is 0 Å². The lowest BCUT2D eigenvalue weighted by atomic mass is 10.0. The Morgan fingerprint density at radius 2 is 1.74 bits per heavy atom. The molecule has 0 unspecified atom stereocenters. The maximum absolute atomic E-state index is 13.2. The van der Waals surface area contributed by atoms with Gasteiger partial charge in [-0.3, -0.25) is 9.59 Å². The number of aromatic nitrogens is 1. The largest absolute Gasteiger partial charge is 0.401 e. The van der Waals surface area contributed by atoms with Crippen molar-refractivity contribution < 1.29 is 31.2 Å². The molecule has 14 heteroatoms. The predicted octanol–water partition coefficient (Wildman–Crippen LogP) is 5.26. The van der Waals surface area contributed by atoms with Gasteiger partial charge in [-0.15, -0.1) is 0 Å². The van der Waals surface area contributed by atoms with Crippen LogP contribution in [0.1, 0.15) is 33.6 Å². The summed E-state index contributed by atoms with van der Waals surface area (Å²) < 4.78 is 63.2. The normalized spacial score (nSPS) is 14.2. The number of carbonyl (C=O) groups excluding carboxylic acids is 2. The molecule has 0 aliphatic carbocycles. The lowest BCUT2D eigenvalue weighted by Gasteiger charge is -2.09. The topological polar surface area (TPSA) is 120 Å². The van der Waals surface area contributed by atoms with Crippen molar-refractivity contribution in [2.75, 3.05) is 30.7 Å². The third-order valence-electron chi connectivity index (χ3n) is 7.02. The first-order chi connectivity index (χ1) is 20.2. The van der Waals surface area contributed by atoms with Gasteiger partial charge in [0, 0.05) is 45.8 Å². The first-order valence-electron chi connectivity index (χ1n) is 13.2. The summed E-state index contributed by atoms with van der Waals surface area (Å²) >= 11 is 12.4. The highest BCUT2D eigenvalue weighted by molar-refractivity contribution is 7.91. The van der Waals surface area contributed by atoms with Gasteiger partial charge in [-0.1, -0.05) is 29.3 Å². The number of aromatic amines is 1. The number of benzene rings is 2. The molecule has 2 aromatic carbocycles. The van der Waals surface area contributed by atoms with Crippen LogP contribution in [0.4, 0.5) is 18.9 Å². The minimum absolute atomic E-state index is 0.0166. The Morgan fingerprint density at radius 3 is 2.42 bits per heavy atom. The molecule has 4 rings (SSSR count). The van der Waals surface area contributed by atoms with Crippen LogP contribution in [0.2, 0.25) is 10.0 Å². The molecule has 2 heterocycles. The number of alkyl halides is 3. The second kappa shape index (κ2) is 13.1. The highest BCUT2D eigenvalue weighted by atomic mass is 35.5. The summed E-state index contributed by atoms with van der Waals surface area (Å²) in [6, 6.07) is 9.38. The average molecular weight is 658 g/mol. The number of rotatable bonds is 11. The number of halogens is 5. The van der Waals surface area contributed by atoms with Gasteiger partial charge in [0.05, 0.1) is 29.2 Å². The van der Waals surface area contributed by atoms with E-state index in [0.717, 1.165) is 0 Å². The molecule has 1 aliphatic rings. The number of hydrogen-bond acceptors (Lipinski definition) is 5. The zero-order chi connectivity index (χ0) is 31.5. The van der Waals surface area contributed by atoms with Crippen LogP contribution in [0.3, 0.4) is 0 Å². The molecule has 8 nitrogen and oxygen atoms in total. The van der Waals surface area contributed by atoms with Crippen molar-refractivity contribution in [2.24, 2.45) is 0 Å². The molecule has 3 aromatic rings. The van der Waals surface area contributed by atoms with Gasteiger partial charge in [0.2, 0.25) is 5.91 Å². The number of fused-ring (bicyclic) bond motifs is 1. The number of sulfone groups is 1. The Balaban J connectivity index is 1.50. The first-order valence-corrected chi connectivity index (χ1v) is 15.6. The third-order valence-corrected chi connectivity index (χ3v) is 9.44. The van der Waals surface area contributed by atoms with Gasteiger partial charge in [0.25, 0.3) is 5.91 Å². The predicted molar refractivity (Wildman–Crippen MR) is 161 cm³/mol. The summed E-state index contributed by atoms with van der Waals surface area (Å²) in [5.74, 6) is -1.02. The van der Waals surface area contributed by atoms with E-state index < -0.39 is 28.5 Å². The van der Waals surface area contributed by atoms with Crippen molar-refractivity contribution in [1.29, 1.82) is 0 Å². The van der Waals surface area contributed by atoms with Crippen molar-refractivity contribution in [3.8, 4) is 0 Å². The lowest BCUT2D eigenvalue weighted by molar-refractivity contribution is -0.124. The van der Waals surface area contributed by atoms with Gasteiger partial charge in [-0.25, -0.2) is 8.42 Å². The van der Waals surface area contributed by atoms with Crippen LogP contribution in [-0.4, -0.2) is 56.8 Å². The van der Waals surface area contributed by atoms with Crippen molar-refractivity contribution in [2.45, 2.75) is 37.8 Å². The minimum Gasteiger partial charge on any atom is -0.359 e. The van der Waals surface area contributed by atoms with Gasteiger partial charge in [-0.2, -0.15) is 13.2 Å². The Labute approximate surface area is 257 Å². The molecular weight excluding hydrogens is 628 g/mol. The molecule has 230 valence electrons. The van der Waals surface area contributed by atoms with E-state index in [0.29, 0.717) is 49.4 Å². The van der Waals surface area contributed by atoms with Crippen molar-refractivity contribution in [3.05, 3.63) is 80.1 Å². The standard InChI is InChI=1S/C29H29Cl2F3N4O4S/c1-16-20(14-27(39)36-10-9-35-15-29(32,33)34)17(2)37-26(16)13-22-21-12-18(6-7-25(21)38-28(22)40)43(41,42)11-8-19-23(30)4-3-5-24(19)31/h3-7,12-13,35,37H,8-11,14-15H2,1-2H3,(H,36,39)(H,38,40)/b22-13-. The molecule has 0 atom stereocenters. The molecule has 0 fully saturated rings. The van der Waals surface area contributed by atoms with E-state index in [9.17, 15) is 31.2 Å². The monoisotopic (exact) mass is 656 g/mol. The van der Waals surface area contributed by atoms with E-state index in [1.54, 1.807) is 38.1 Å². The number of anilines is 1. The van der Waals surface area contributed by atoms with E-state index in [1.165, 1.54) is 18.2 Å². The quantitative estimate of drug-likeness (QED) is 0.166. The maximum Gasteiger partial charge on any atom is 0.401 e. The Kier molecular flexibility index (Phi) is 9.95. The van der Waals surface area contributed by atoms with Crippen LogP contribution in [-0.2, 0) is 32.3 Å². The maximum atomic E-state index is 13.2. The summed E-state index contributed by atoms with van der Waals surface area (Å²) in [4.78, 5) is 28.5. The van der Waals surface area contributed by atoms with E-state index in [2.05, 4.69) is 20.9 Å². The number of aryl methyl sites for hydroxylation is 1. The lowest BCUT2D eigenvalue weighted by Crippen LogP contribution is -2.36. The van der Waals surface area contributed by atoms with E-state index in [4.69, 9.17) is 23.2 Å². The van der Waals surface area contributed by atoms with Crippen molar-refractivity contribution >= 4 is 62.2 Å². The van der Waals surface area contributed by atoms with E-state index in [1.807, 2.05) is 0 Å². The molecule has 0 saturated carbocycles. The number of carbonyl (C=O) groups is 2. The van der Waals surface area contributed by atoms with Gasteiger partial charge >= 0.3 is 6.18 Å². The third kappa shape index (κ3) is 7.99. The van der Waals surface area contributed by atoms with E-state index >= 15 is 0 Å². The molecule has 0 saturated heterocycles. The molecule has 0 bridgehead atoms. The van der Waals surface area contributed by atoms with Crippen LogP contribution in [0.25, 0.3) is 11.6 Å². The first kappa shape index (κ1) is 32.6. The van der Waals surface area contributed by atoms with Crippen LogP contribution in [0.15, 0.2) is 41.3 Å². The summed E-state index contributed by atoms with van der Waals surface area (Å²) in [6.45, 7) is 2.40. The second-order valence-electron chi connectivity index (χ2n) is 10.1. The van der Waals surface area contributed by atoms with Crippen LogP contribution >= 0.6 is 23.2 Å². The van der Waals surface area contributed by atoms with Gasteiger partial charge < -0.3 is 20.9 Å². The summed E-state index contributed by atoms with van der Waals surface area (Å²) in [5.41, 5.74) is 4.29. The second-order valence-corrected chi connectivity index (χ2v) is 13.0. The number of H-pyrrole nitrogens is 1. The molecule has 0 radical (unpaired) electrons. The fraction of sp³-hybridized carbons (Fsp3) is 0.310. The average Bonchev–Trinajstić information content (AvgIpc) is 3.37. The fourth-order valence-corrected chi connectivity index (χ4v) is 6.61. The van der Waals surface area contributed by atoms with Crippen LogP contribution in [0.5, 0.6) is 0 Å². The SMILES string of the molecule is Cc1[nH]c(/C=C2\C(=O)Nc3ccc(S(=O)(=O)CCc4c(Cl)cccc4Cl)cc32)c(C)c1CC(=O)NCCNCC(F)(F)F. The number of nitrogens with one attached hydrogen (secondary N) is 4. The van der Waals surface area contributed by atoms with Gasteiger partial charge in [-0.05, 0) is 73.4 Å². The zero-order valence-corrected chi connectivity index (χ0v) is 25.5. The number of amides is 2.